The number of fused-ring (bicyclic) bond motifs is 2. The van der Waals surface area contributed by atoms with Crippen molar-refractivity contribution >= 4 is 44.3 Å². The van der Waals surface area contributed by atoms with Crippen molar-refractivity contribution in [3.05, 3.63) is 63.9 Å². The van der Waals surface area contributed by atoms with Crippen LogP contribution in [0.2, 0.25) is 0 Å². The van der Waals surface area contributed by atoms with Crippen LogP contribution in [0.1, 0.15) is 11.9 Å². The van der Waals surface area contributed by atoms with Gasteiger partial charge in [-0.1, -0.05) is 24.3 Å². The Hall–Kier alpha value is -3.30. The monoisotopic (exact) mass is 409 g/mol. The normalized spacial score (nSPS) is 11.1. The Morgan fingerprint density at radius 1 is 1.10 bits per heavy atom. The third kappa shape index (κ3) is 4.10. The Balaban J connectivity index is 1.36. The van der Waals surface area contributed by atoms with Crippen molar-refractivity contribution in [2.75, 3.05) is 12.0 Å². The Morgan fingerprint density at radius 2 is 1.86 bits per heavy atom. The maximum absolute atomic E-state index is 12.6. The first-order valence-electron chi connectivity index (χ1n) is 9.12. The summed E-state index contributed by atoms with van der Waals surface area (Å²) in [6, 6.07) is 14.9. The van der Waals surface area contributed by atoms with E-state index in [1.807, 2.05) is 37.3 Å². The fourth-order valence-corrected chi connectivity index (χ4v) is 3.84. The maximum Gasteiger partial charge on any atom is 0.264 e. The standard InChI is InChI=1S/C20H19N5O3S/c1-2-25-19(27)13-7-3-4-8-14(13)22-20(25)24-23-17(26)11-28-12-18-21-15-9-5-6-10-16(15)29-18/h3-10H,2,11-12H2,1H3,(H,22,24)(H,23,26). The third-order valence-electron chi connectivity index (χ3n) is 4.29. The first-order valence-corrected chi connectivity index (χ1v) is 9.94. The van der Waals surface area contributed by atoms with Crippen LogP contribution >= 0.6 is 11.3 Å². The molecular weight excluding hydrogens is 390 g/mol. The molecule has 9 heteroatoms. The average molecular weight is 409 g/mol. The highest BCUT2D eigenvalue weighted by atomic mass is 32.1. The Morgan fingerprint density at radius 3 is 2.66 bits per heavy atom. The number of nitrogens with zero attached hydrogens (tertiary/aromatic N) is 3. The summed E-state index contributed by atoms with van der Waals surface area (Å²) in [6.07, 6.45) is 0. The van der Waals surface area contributed by atoms with Crippen molar-refractivity contribution in [2.45, 2.75) is 20.1 Å². The third-order valence-corrected chi connectivity index (χ3v) is 5.30. The Labute approximate surface area is 170 Å². The smallest absolute Gasteiger partial charge is 0.264 e. The molecule has 1 amide bonds. The summed E-state index contributed by atoms with van der Waals surface area (Å²) < 4.78 is 8.00. The van der Waals surface area contributed by atoms with Crippen molar-refractivity contribution in [3.8, 4) is 0 Å². The fourth-order valence-electron chi connectivity index (χ4n) is 2.93. The molecule has 0 unspecified atom stereocenters. The number of aromatic nitrogens is 3. The van der Waals surface area contributed by atoms with Gasteiger partial charge in [0, 0.05) is 6.54 Å². The molecule has 0 saturated carbocycles. The van der Waals surface area contributed by atoms with Crippen LogP contribution < -0.4 is 16.4 Å². The van der Waals surface area contributed by atoms with E-state index in [0.717, 1.165) is 15.2 Å². The molecule has 148 valence electrons. The number of ether oxygens (including phenoxy) is 1. The highest BCUT2D eigenvalue weighted by Gasteiger charge is 2.11. The van der Waals surface area contributed by atoms with E-state index < -0.39 is 0 Å². The number of carbonyl (C=O) groups excluding carboxylic acids is 1. The van der Waals surface area contributed by atoms with Gasteiger partial charge >= 0.3 is 0 Å². The minimum atomic E-state index is -0.379. The van der Waals surface area contributed by atoms with E-state index in [0.29, 0.717) is 17.4 Å². The molecule has 0 saturated heterocycles. The molecule has 2 aromatic heterocycles. The molecule has 29 heavy (non-hydrogen) atoms. The second-order valence-electron chi connectivity index (χ2n) is 6.24. The quantitative estimate of drug-likeness (QED) is 0.456. The lowest BCUT2D eigenvalue weighted by molar-refractivity contribution is -0.125. The summed E-state index contributed by atoms with van der Waals surface area (Å²) in [5.74, 6) is -0.105. The Kier molecular flexibility index (Phi) is 5.50. The molecule has 0 aliphatic carbocycles. The summed E-state index contributed by atoms with van der Waals surface area (Å²) in [7, 11) is 0. The molecule has 8 nitrogen and oxygen atoms in total. The number of benzene rings is 2. The average Bonchev–Trinajstić information content (AvgIpc) is 3.15. The van der Waals surface area contributed by atoms with Crippen molar-refractivity contribution in [1.82, 2.24) is 20.0 Å². The number of anilines is 1. The second-order valence-corrected chi connectivity index (χ2v) is 7.36. The molecule has 0 atom stereocenters. The van der Waals surface area contributed by atoms with Gasteiger partial charge in [0.1, 0.15) is 11.6 Å². The summed E-state index contributed by atoms with van der Waals surface area (Å²) in [5, 5.41) is 1.34. The van der Waals surface area contributed by atoms with Crippen LogP contribution in [0.25, 0.3) is 21.1 Å². The van der Waals surface area contributed by atoms with Crippen molar-refractivity contribution in [1.29, 1.82) is 0 Å². The summed E-state index contributed by atoms with van der Waals surface area (Å²) in [6.45, 7) is 2.36. The molecule has 2 heterocycles. The fraction of sp³-hybridized carbons (Fsp3) is 0.200. The summed E-state index contributed by atoms with van der Waals surface area (Å²) >= 11 is 1.54. The van der Waals surface area contributed by atoms with Crippen molar-refractivity contribution < 1.29 is 9.53 Å². The van der Waals surface area contributed by atoms with Gasteiger partial charge in [-0.25, -0.2) is 9.97 Å². The van der Waals surface area contributed by atoms with Gasteiger partial charge in [-0.3, -0.25) is 25.0 Å². The lowest BCUT2D eigenvalue weighted by Gasteiger charge is -2.14. The maximum atomic E-state index is 12.6. The van der Waals surface area contributed by atoms with E-state index in [-0.39, 0.29) is 30.6 Å². The van der Waals surface area contributed by atoms with E-state index in [4.69, 9.17) is 4.74 Å². The Bertz CT molecular complexity index is 1200. The number of hydrogen-bond donors (Lipinski definition) is 2. The molecule has 4 rings (SSSR count). The van der Waals surface area contributed by atoms with Crippen LogP contribution in [0.4, 0.5) is 5.95 Å². The largest absolute Gasteiger partial charge is 0.364 e. The number of rotatable bonds is 7. The minimum Gasteiger partial charge on any atom is -0.364 e. The molecule has 2 N–H and O–H groups in total. The van der Waals surface area contributed by atoms with Crippen LogP contribution in [-0.2, 0) is 22.7 Å². The predicted molar refractivity (Wildman–Crippen MR) is 113 cm³/mol. The molecular formula is C20H19N5O3S. The number of hydrogen-bond acceptors (Lipinski definition) is 7. The molecule has 2 aromatic carbocycles. The number of para-hydroxylation sites is 2. The van der Waals surface area contributed by atoms with Crippen molar-refractivity contribution in [2.24, 2.45) is 0 Å². The first-order chi connectivity index (χ1) is 14.2. The van der Waals surface area contributed by atoms with Gasteiger partial charge in [-0.15, -0.1) is 11.3 Å². The van der Waals surface area contributed by atoms with Crippen LogP contribution in [0.5, 0.6) is 0 Å². The van der Waals surface area contributed by atoms with Gasteiger partial charge in [-0.05, 0) is 31.2 Å². The van der Waals surface area contributed by atoms with Gasteiger partial charge in [0.05, 0.1) is 27.7 Å². The lowest BCUT2D eigenvalue weighted by Crippen LogP contribution is -2.36. The number of hydrazine groups is 1. The second kappa shape index (κ2) is 8.38. The summed E-state index contributed by atoms with van der Waals surface area (Å²) in [5.41, 5.74) is 6.57. The first kappa shape index (κ1) is 19.0. The van der Waals surface area contributed by atoms with E-state index in [1.165, 1.54) is 15.9 Å². The zero-order valence-corrected chi connectivity index (χ0v) is 16.5. The molecule has 0 bridgehead atoms. The molecule has 0 aliphatic rings. The van der Waals surface area contributed by atoms with Gasteiger partial charge < -0.3 is 4.74 Å². The van der Waals surface area contributed by atoms with E-state index >= 15 is 0 Å². The minimum absolute atomic E-state index is 0.146. The summed E-state index contributed by atoms with van der Waals surface area (Å²) in [4.78, 5) is 33.5. The van der Waals surface area contributed by atoms with Gasteiger partial charge in [0.15, 0.2) is 0 Å². The predicted octanol–water partition coefficient (Wildman–Crippen LogP) is 2.69. The molecule has 0 aliphatic heterocycles. The SMILES string of the molecule is CCn1c(NNC(=O)COCc2nc3ccccc3s2)nc2ccccc2c1=O. The zero-order valence-electron chi connectivity index (χ0n) is 15.7. The number of amides is 1. The van der Waals surface area contributed by atoms with E-state index in [1.54, 1.807) is 18.2 Å². The number of carbonyl (C=O) groups is 1. The van der Waals surface area contributed by atoms with Crippen LogP contribution in [-0.4, -0.2) is 27.0 Å². The highest BCUT2D eigenvalue weighted by molar-refractivity contribution is 7.18. The van der Waals surface area contributed by atoms with Gasteiger partial charge in [-0.2, -0.15) is 0 Å². The van der Waals surface area contributed by atoms with Crippen molar-refractivity contribution in [3.63, 3.8) is 0 Å². The van der Waals surface area contributed by atoms with Crippen LogP contribution in [0.15, 0.2) is 53.3 Å². The zero-order chi connectivity index (χ0) is 20.2. The van der Waals surface area contributed by atoms with Gasteiger partial charge in [0.2, 0.25) is 5.95 Å². The van der Waals surface area contributed by atoms with Crippen LogP contribution in [0.3, 0.4) is 0 Å². The lowest BCUT2D eigenvalue weighted by atomic mass is 10.2. The van der Waals surface area contributed by atoms with Gasteiger partial charge in [0.25, 0.3) is 11.5 Å². The molecule has 0 fully saturated rings. The number of thiazole rings is 1. The number of nitrogens with one attached hydrogen (secondary N) is 2. The molecule has 0 spiro atoms. The molecule has 0 radical (unpaired) electrons. The highest BCUT2D eigenvalue weighted by Crippen LogP contribution is 2.21. The molecule has 4 aromatic rings. The topological polar surface area (TPSA) is 98.1 Å². The van der Waals surface area contributed by atoms with E-state index in [2.05, 4.69) is 20.8 Å². The van der Waals surface area contributed by atoms with Crippen LogP contribution in [0, 0.1) is 0 Å². The van der Waals surface area contributed by atoms with E-state index in [9.17, 15) is 9.59 Å².